The standard InChI is InChI=1S/C13H15NOS/c1-4-15-12-7-5-6-11(8-12)13-14-9(2)10(3)16-13/h5-8H,4H2,1-3H3. The van der Waals surface area contributed by atoms with Gasteiger partial charge in [-0.1, -0.05) is 12.1 Å². The van der Waals surface area contributed by atoms with E-state index in [9.17, 15) is 0 Å². The van der Waals surface area contributed by atoms with Gasteiger partial charge in [0.05, 0.1) is 12.3 Å². The average molecular weight is 233 g/mol. The number of aromatic nitrogens is 1. The fourth-order valence-corrected chi connectivity index (χ4v) is 2.39. The lowest BCUT2D eigenvalue weighted by molar-refractivity contribution is 0.340. The van der Waals surface area contributed by atoms with Crippen molar-refractivity contribution in [3.05, 3.63) is 34.8 Å². The molecule has 0 unspecified atom stereocenters. The van der Waals surface area contributed by atoms with E-state index in [1.807, 2.05) is 32.0 Å². The van der Waals surface area contributed by atoms with Gasteiger partial charge in [0, 0.05) is 10.4 Å². The van der Waals surface area contributed by atoms with Gasteiger partial charge < -0.3 is 4.74 Å². The third-order valence-corrected chi connectivity index (χ3v) is 3.54. The molecule has 0 atom stereocenters. The molecular weight excluding hydrogens is 218 g/mol. The molecular formula is C13H15NOS. The molecule has 0 saturated heterocycles. The van der Waals surface area contributed by atoms with Crippen molar-refractivity contribution < 1.29 is 4.74 Å². The van der Waals surface area contributed by atoms with E-state index >= 15 is 0 Å². The Morgan fingerprint density at radius 2 is 2.12 bits per heavy atom. The van der Waals surface area contributed by atoms with Gasteiger partial charge in [-0.2, -0.15) is 0 Å². The highest BCUT2D eigenvalue weighted by atomic mass is 32.1. The van der Waals surface area contributed by atoms with E-state index in [4.69, 9.17) is 4.74 Å². The Kier molecular flexibility index (Phi) is 3.25. The number of benzene rings is 1. The number of hydrogen-bond donors (Lipinski definition) is 0. The third-order valence-electron chi connectivity index (χ3n) is 2.42. The van der Waals surface area contributed by atoms with Crippen LogP contribution in [0.5, 0.6) is 5.75 Å². The second-order valence-corrected chi connectivity index (χ2v) is 4.82. The van der Waals surface area contributed by atoms with Crippen molar-refractivity contribution >= 4 is 11.3 Å². The molecule has 0 radical (unpaired) electrons. The van der Waals surface area contributed by atoms with Crippen LogP contribution in [-0.4, -0.2) is 11.6 Å². The van der Waals surface area contributed by atoms with Gasteiger partial charge in [0.1, 0.15) is 10.8 Å². The predicted octanol–water partition coefficient (Wildman–Crippen LogP) is 3.83. The van der Waals surface area contributed by atoms with E-state index in [0.717, 1.165) is 22.0 Å². The summed E-state index contributed by atoms with van der Waals surface area (Å²) in [5.74, 6) is 0.908. The monoisotopic (exact) mass is 233 g/mol. The van der Waals surface area contributed by atoms with E-state index < -0.39 is 0 Å². The van der Waals surface area contributed by atoms with Crippen molar-refractivity contribution in [1.82, 2.24) is 4.98 Å². The van der Waals surface area contributed by atoms with Gasteiger partial charge in [0.15, 0.2) is 0 Å². The normalized spacial score (nSPS) is 10.4. The van der Waals surface area contributed by atoms with Crippen LogP contribution in [0.2, 0.25) is 0 Å². The molecule has 0 aliphatic carbocycles. The van der Waals surface area contributed by atoms with Crippen molar-refractivity contribution in [1.29, 1.82) is 0 Å². The zero-order valence-electron chi connectivity index (χ0n) is 9.78. The summed E-state index contributed by atoms with van der Waals surface area (Å²) < 4.78 is 5.48. The third kappa shape index (κ3) is 2.25. The first kappa shape index (κ1) is 11.1. The van der Waals surface area contributed by atoms with Crippen LogP contribution in [0.4, 0.5) is 0 Å². The van der Waals surface area contributed by atoms with E-state index in [1.165, 1.54) is 4.88 Å². The lowest BCUT2D eigenvalue weighted by Gasteiger charge is -2.03. The summed E-state index contributed by atoms with van der Waals surface area (Å²) in [6.45, 7) is 6.83. The first-order valence-corrected chi connectivity index (χ1v) is 6.19. The van der Waals surface area contributed by atoms with Crippen LogP contribution in [0, 0.1) is 13.8 Å². The van der Waals surface area contributed by atoms with Gasteiger partial charge >= 0.3 is 0 Å². The lowest BCUT2D eigenvalue weighted by Crippen LogP contribution is -1.91. The Hall–Kier alpha value is -1.35. The molecule has 0 aliphatic heterocycles. The number of thiazole rings is 1. The van der Waals surface area contributed by atoms with Gasteiger partial charge in [-0.05, 0) is 32.9 Å². The van der Waals surface area contributed by atoms with Crippen LogP contribution >= 0.6 is 11.3 Å². The van der Waals surface area contributed by atoms with Crippen LogP contribution in [0.25, 0.3) is 10.6 Å². The van der Waals surface area contributed by atoms with E-state index in [-0.39, 0.29) is 0 Å². The average Bonchev–Trinajstić information content (AvgIpc) is 2.60. The van der Waals surface area contributed by atoms with Crippen molar-refractivity contribution in [3.63, 3.8) is 0 Å². The Labute approximate surface area is 99.9 Å². The molecule has 2 nitrogen and oxygen atoms in total. The zero-order valence-corrected chi connectivity index (χ0v) is 10.6. The van der Waals surface area contributed by atoms with Gasteiger partial charge in [0.25, 0.3) is 0 Å². The smallest absolute Gasteiger partial charge is 0.123 e. The fraction of sp³-hybridized carbons (Fsp3) is 0.308. The molecule has 3 heteroatoms. The molecule has 0 aliphatic rings. The quantitative estimate of drug-likeness (QED) is 0.804. The summed E-state index contributed by atoms with van der Waals surface area (Å²) in [5, 5.41) is 1.07. The Bertz CT molecular complexity index is 471. The Balaban J connectivity index is 2.36. The number of ether oxygens (including phenoxy) is 1. The maximum absolute atomic E-state index is 5.48. The maximum atomic E-state index is 5.48. The highest BCUT2D eigenvalue weighted by molar-refractivity contribution is 7.15. The summed E-state index contributed by atoms with van der Waals surface area (Å²) in [5.41, 5.74) is 2.24. The molecule has 0 bridgehead atoms. The molecule has 0 fully saturated rings. The SMILES string of the molecule is CCOc1cccc(-c2nc(C)c(C)s2)c1. The largest absolute Gasteiger partial charge is 0.494 e. The molecule has 0 amide bonds. The van der Waals surface area contributed by atoms with Crippen molar-refractivity contribution in [2.45, 2.75) is 20.8 Å². The van der Waals surface area contributed by atoms with Crippen LogP contribution in [0.15, 0.2) is 24.3 Å². The summed E-state index contributed by atoms with van der Waals surface area (Å²) in [4.78, 5) is 5.82. The second-order valence-electron chi connectivity index (χ2n) is 3.62. The van der Waals surface area contributed by atoms with Crippen molar-refractivity contribution in [3.8, 4) is 16.3 Å². The fourth-order valence-electron chi connectivity index (χ4n) is 1.48. The minimum Gasteiger partial charge on any atom is -0.494 e. The van der Waals surface area contributed by atoms with Gasteiger partial charge in [-0.3, -0.25) is 0 Å². The number of rotatable bonds is 3. The minimum absolute atomic E-state index is 0.694. The number of aryl methyl sites for hydroxylation is 2. The van der Waals surface area contributed by atoms with Gasteiger partial charge in [-0.15, -0.1) is 11.3 Å². The molecule has 2 rings (SSSR count). The van der Waals surface area contributed by atoms with Crippen LogP contribution in [0.3, 0.4) is 0 Å². The molecule has 84 valence electrons. The summed E-state index contributed by atoms with van der Waals surface area (Å²) in [6, 6.07) is 8.09. The first-order chi connectivity index (χ1) is 7.70. The minimum atomic E-state index is 0.694. The number of nitrogens with zero attached hydrogens (tertiary/aromatic N) is 1. The molecule has 16 heavy (non-hydrogen) atoms. The molecule has 0 saturated carbocycles. The summed E-state index contributed by atoms with van der Waals surface area (Å²) in [6.07, 6.45) is 0. The topological polar surface area (TPSA) is 22.1 Å². The van der Waals surface area contributed by atoms with Crippen LogP contribution in [-0.2, 0) is 0 Å². The predicted molar refractivity (Wildman–Crippen MR) is 68.2 cm³/mol. The Morgan fingerprint density at radius 1 is 1.31 bits per heavy atom. The molecule has 1 aromatic carbocycles. The maximum Gasteiger partial charge on any atom is 0.123 e. The van der Waals surface area contributed by atoms with E-state index in [2.05, 4.69) is 18.0 Å². The molecule has 0 N–H and O–H groups in total. The van der Waals surface area contributed by atoms with Gasteiger partial charge in [-0.25, -0.2) is 4.98 Å². The van der Waals surface area contributed by atoms with E-state index in [1.54, 1.807) is 11.3 Å². The van der Waals surface area contributed by atoms with Gasteiger partial charge in [0.2, 0.25) is 0 Å². The number of hydrogen-bond acceptors (Lipinski definition) is 3. The zero-order chi connectivity index (χ0) is 11.5. The highest BCUT2D eigenvalue weighted by Crippen LogP contribution is 2.29. The highest BCUT2D eigenvalue weighted by Gasteiger charge is 2.06. The van der Waals surface area contributed by atoms with Crippen molar-refractivity contribution in [2.24, 2.45) is 0 Å². The first-order valence-electron chi connectivity index (χ1n) is 5.38. The summed E-state index contributed by atoms with van der Waals surface area (Å²) >= 11 is 1.73. The van der Waals surface area contributed by atoms with Crippen LogP contribution in [0.1, 0.15) is 17.5 Å². The molecule has 2 aromatic rings. The Morgan fingerprint density at radius 3 is 2.75 bits per heavy atom. The van der Waals surface area contributed by atoms with Crippen molar-refractivity contribution in [2.75, 3.05) is 6.61 Å². The van der Waals surface area contributed by atoms with Crippen LogP contribution < -0.4 is 4.74 Å². The van der Waals surface area contributed by atoms with E-state index in [0.29, 0.717) is 6.61 Å². The molecule has 0 spiro atoms. The lowest BCUT2D eigenvalue weighted by atomic mass is 10.2. The molecule has 1 aromatic heterocycles. The summed E-state index contributed by atoms with van der Waals surface area (Å²) in [7, 11) is 0. The molecule has 1 heterocycles. The second kappa shape index (κ2) is 4.66.